The Labute approximate surface area is 85.5 Å². The van der Waals surface area contributed by atoms with Crippen LogP contribution in [0.2, 0.25) is 0 Å². The molecule has 0 saturated heterocycles. The second-order valence-corrected chi connectivity index (χ2v) is 5.14. The lowest BCUT2D eigenvalue weighted by Gasteiger charge is -2.14. The third-order valence-corrected chi connectivity index (χ3v) is 4.16. The highest BCUT2D eigenvalue weighted by molar-refractivity contribution is 7.99. The number of aliphatic hydroxyl groups excluding tert-OH is 1. The molecule has 0 spiro atoms. The summed E-state index contributed by atoms with van der Waals surface area (Å²) in [6, 6.07) is 0.300. The predicted octanol–water partition coefficient (Wildman–Crippen LogP) is 1.63. The maximum absolute atomic E-state index is 8.95. The minimum absolute atomic E-state index is 0.266. The summed E-state index contributed by atoms with van der Waals surface area (Å²) in [5.41, 5.74) is 0. The van der Waals surface area contributed by atoms with E-state index in [0.717, 1.165) is 11.7 Å². The lowest BCUT2D eigenvalue weighted by atomic mass is 10.2. The van der Waals surface area contributed by atoms with E-state index in [0.29, 0.717) is 6.04 Å². The van der Waals surface area contributed by atoms with Gasteiger partial charge < -0.3 is 10.4 Å². The Hall–Kier alpha value is 0.270. The molecule has 2 nitrogen and oxygen atoms in total. The number of aliphatic hydroxyl groups is 1. The molecule has 1 fully saturated rings. The number of hydrogen-bond acceptors (Lipinski definition) is 3. The van der Waals surface area contributed by atoms with Crippen LogP contribution >= 0.6 is 11.8 Å². The molecule has 1 aliphatic carbocycles. The van der Waals surface area contributed by atoms with Crippen LogP contribution in [0.25, 0.3) is 0 Å². The van der Waals surface area contributed by atoms with Gasteiger partial charge in [0.05, 0.1) is 6.61 Å². The van der Waals surface area contributed by atoms with Crippen LogP contribution in [0.5, 0.6) is 0 Å². The van der Waals surface area contributed by atoms with E-state index in [4.69, 9.17) is 5.11 Å². The van der Waals surface area contributed by atoms with Gasteiger partial charge in [-0.2, -0.15) is 11.8 Å². The molecule has 0 aromatic heterocycles. The van der Waals surface area contributed by atoms with Crippen LogP contribution in [0.1, 0.15) is 32.1 Å². The smallest absolute Gasteiger partial charge is 0.0584 e. The molecule has 1 saturated carbocycles. The minimum Gasteiger partial charge on any atom is -0.395 e. The van der Waals surface area contributed by atoms with Gasteiger partial charge in [-0.05, 0) is 32.1 Å². The van der Waals surface area contributed by atoms with Gasteiger partial charge in [0.2, 0.25) is 0 Å². The second-order valence-electron chi connectivity index (χ2n) is 3.73. The first-order valence-electron chi connectivity index (χ1n) is 5.26. The van der Waals surface area contributed by atoms with E-state index in [2.05, 4.69) is 17.1 Å². The average Bonchev–Trinajstić information content (AvgIpc) is 2.65. The minimum atomic E-state index is 0.266. The molecule has 13 heavy (non-hydrogen) atoms. The van der Waals surface area contributed by atoms with Gasteiger partial charge >= 0.3 is 0 Å². The summed E-state index contributed by atoms with van der Waals surface area (Å²) in [7, 11) is 1.92. The standard InChI is InChI=1S/C10H21NOS/c1-11-9(8-12)6-7-13-10-4-2-3-5-10/h9-12H,2-8H2,1H3. The molecule has 78 valence electrons. The zero-order chi connectivity index (χ0) is 9.52. The third-order valence-electron chi connectivity index (χ3n) is 2.75. The van der Waals surface area contributed by atoms with Crippen molar-refractivity contribution in [3.8, 4) is 0 Å². The van der Waals surface area contributed by atoms with Gasteiger partial charge in [-0.3, -0.25) is 0 Å². The lowest BCUT2D eigenvalue weighted by molar-refractivity contribution is 0.246. The first kappa shape index (κ1) is 11.3. The Morgan fingerprint density at radius 1 is 1.46 bits per heavy atom. The Morgan fingerprint density at radius 3 is 2.69 bits per heavy atom. The van der Waals surface area contributed by atoms with Gasteiger partial charge in [0, 0.05) is 11.3 Å². The van der Waals surface area contributed by atoms with Crippen LogP contribution in [0, 0.1) is 0 Å². The van der Waals surface area contributed by atoms with Crippen molar-refractivity contribution >= 4 is 11.8 Å². The van der Waals surface area contributed by atoms with Crippen molar-refractivity contribution in [1.29, 1.82) is 0 Å². The van der Waals surface area contributed by atoms with Gasteiger partial charge in [-0.25, -0.2) is 0 Å². The van der Waals surface area contributed by atoms with Gasteiger partial charge in [0.1, 0.15) is 0 Å². The van der Waals surface area contributed by atoms with Crippen molar-refractivity contribution in [2.75, 3.05) is 19.4 Å². The van der Waals surface area contributed by atoms with E-state index >= 15 is 0 Å². The van der Waals surface area contributed by atoms with Crippen molar-refractivity contribution in [3.05, 3.63) is 0 Å². The first-order chi connectivity index (χ1) is 6.36. The SMILES string of the molecule is CNC(CO)CCSC1CCCC1. The number of rotatable bonds is 6. The van der Waals surface area contributed by atoms with Crippen LogP contribution < -0.4 is 5.32 Å². The van der Waals surface area contributed by atoms with Crippen LogP contribution in [-0.4, -0.2) is 35.8 Å². The molecule has 0 heterocycles. The molecule has 1 unspecified atom stereocenters. The maximum atomic E-state index is 8.95. The highest BCUT2D eigenvalue weighted by atomic mass is 32.2. The summed E-state index contributed by atoms with van der Waals surface area (Å²) in [5, 5.41) is 13.0. The van der Waals surface area contributed by atoms with Crippen molar-refractivity contribution in [1.82, 2.24) is 5.32 Å². The molecule has 0 radical (unpaired) electrons. The summed E-state index contributed by atoms with van der Waals surface area (Å²) in [4.78, 5) is 0. The number of likely N-dealkylation sites (N-methyl/N-ethyl adjacent to an activating group) is 1. The van der Waals surface area contributed by atoms with Gasteiger partial charge in [0.15, 0.2) is 0 Å². The van der Waals surface area contributed by atoms with E-state index in [1.54, 1.807) is 0 Å². The van der Waals surface area contributed by atoms with Gasteiger partial charge in [-0.15, -0.1) is 0 Å². The fourth-order valence-electron chi connectivity index (χ4n) is 1.76. The van der Waals surface area contributed by atoms with Crippen LogP contribution in [0.3, 0.4) is 0 Å². The Kier molecular flexibility index (Phi) is 5.83. The quantitative estimate of drug-likeness (QED) is 0.688. The van der Waals surface area contributed by atoms with Gasteiger partial charge in [0.25, 0.3) is 0 Å². The summed E-state index contributed by atoms with van der Waals surface area (Å²) < 4.78 is 0. The fourth-order valence-corrected chi connectivity index (χ4v) is 3.18. The summed E-state index contributed by atoms with van der Waals surface area (Å²) in [6.45, 7) is 0.266. The molecule has 0 bridgehead atoms. The maximum Gasteiger partial charge on any atom is 0.0584 e. The van der Waals surface area contributed by atoms with E-state index < -0.39 is 0 Å². The molecule has 0 aromatic rings. The summed E-state index contributed by atoms with van der Waals surface area (Å²) >= 11 is 2.09. The van der Waals surface area contributed by atoms with Crippen molar-refractivity contribution < 1.29 is 5.11 Å². The first-order valence-corrected chi connectivity index (χ1v) is 6.31. The zero-order valence-corrected chi connectivity index (χ0v) is 9.28. The van der Waals surface area contributed by atoms with E-state index in [1.165, 1.54) is 31.4 Å². The highest BCUT2D eigenvalue weighted by Gasteiger charge is 2.15. The molecule has 1 atom stereocenters. The molecular weight excluding hydrogens is 182 g/mol. The largest absolute Gasteiger partial charge is 0.395 e. The van der Waals surface area contributed by atoms with E-state index in [-0.39, 0.29) is 6.61 Å². The van der Waals surface area contributed by atoms with Crippen LogP contribution in [0.4, 0.5) is 0 Å². The summed E-state index contributed by atoms with van der Waals surface area (Å²) in [6.07, 6.45) is 6.76. The monoisotopic (exact) mass is 203 g/mol. The molecule has 0 aliphatic heterocycles. The normalized spacial score (nSPS) is 20.8. The molecule has 3 heteroatoms. The van der Waals surface area contributed by atoms with E-state index in [9.17, 15) is 0 Å². The van der Waals surface area contributed by atoms with Crippen LogP contribution in [-0.2, 0) is 0 Å². The second kappa shape index (κ2) is 6.68. The van der Waals surface area contributed by atoms with E-state index in [1.807, 2.05) is 7.05 Å². The number of thioether (sulfide) groups is 1. The molecular formula is C10H21NOS. The molecule has 2 N–H and O–H groups in total. The highest BCUT2D eigenvalue weighted by Crippen LogP contribution is 2.29. The van der Waals surface area contributed by atoms with Gasteiger partial charge in [-0.1, -0.05) is 12.8 Å². The zero-order valence-electron chi connectivity index (χ0n) is 8.46. The Bertz CT molecular complexity index is 120. The Morgan fingerprint density at radius 2 is 2.15 bits per heavy atom. The number of nitrogens with one attached hydrogen (secondary N) is 1. The molecule has 0 amide bonds. The predicted molar refractivity (Wildman–Crippen MR) is 59.3 cm³/mol. The van der Waals surface area contributed by atoms with Crippen molar-refractivity contribution in [3.63, 3.8) is 0 Å². The molecule has 1 rings (SSSR count). The average molecular weight is 203 g/mol. The molecule has 1 aliphatic rings. The Balaban J connectivity index is 1.98. The lowest BCUT2D eigenvalue weighted by Crippen LogP contribution is -2.29. The van der Waals surface area contributed by atoms with Crippen LogP contribution in [0.15, 0.2) is 0 Å². The third kappa shape index (κ3) is 4.34. The summed E-state index contributed by atoms with van der Waals surface area (Å²) in [5.74, 6) is 1.19. The van der Waals surface area contributed by atoms with Crippen molar-refractivity contribution in [2.45, 2.75) is 43.4 Å². The fraction of sp³-hybridized carbons (Fsp3) is 1.00. The molecule has 0 aromatic carbocycles. The number of hydrogen-bond donors (Lipinski definition) is 2. The van der Waals surface area contributed by atoms with Crippen molar-refractivity contribution in [2.24, 2.45) is 0 Å². The topological polar surface area (TPSA) is 32.3 Å².